The lowest BCUT2D eigenvalue weighted by atomic mass is 10.2. The van der Waals surface area contributed by atoms with Gasteiger partial charge in [0.15, 0.2) is 5.69 Å². The molecule has 1 aromatic carbocycles. The summed E-state index contributed by atoms with van der Waals surface area (Å²) < 4.78 is 7.27. The van der Waals surface area contributed by atoms with Crippen molar-refractivity contribution in [2.24, 2.45) is 5.73 Å². The van der Waals surface area contributed by atoms with E-state index in [0.717, 1.165) is 17.0 Å². The summed E-state index contributed by atoms with van der Waals surface area (Å²) in [7, 11) is 0. The third-order valence-corrected chi connectivity index (χ3v) is 3.07. The molecule has 0 saturated heterocycles. The number of amides is 1. The Kier molecular flexibility index (Phi) is 3.06. The Hall–Kier alpha value is -2.89. The average Bonchev–Trinajstić information content (AvgIpc) is 3.03. The molecule has 3 aromatic rings. The summed E-state index contributed by atoms with van der Waals surface area (Å²) in [4.78, 5) is 15.8. The number of carbonyl (C=O) groups is 1. The second-order valence-corrected chi connectivity index (χ2v) is 4.74. The Morgan fingerprint density at radius 1 is 1.24 bits per heavy atom. The third kappa shape index (κ3) is 2.31. The molecule has 106 valence electrons. The average molecular weight is 282 g/mol. The van der Waals surface area contributed by atoms with Gasteiger partial charge in [-0.2, -0.15) is 5.10 Å². The van der Waals surface area contributed by atoms with Crippen molar-refractivity contribution in [1.29, 1.82) is 0 Å². The molecular formula is C15H14N4O2. The maximum absolute atomic E-state index is 11.6. The first-order valence-corrected chi connectivity index (χ1v) is 6.46. The number of nitrogens with two attached hydrogens (primary N) is 1. The Labute approximate surface area is 121 Å². The van der Waals surface area contributed by atoms with Crippen LogP contribution in [0.4, 0.5) is 0 Å². The van der Waals surface area contributed by atoms with Crippen LogP contribution in [0.2, 0.25) is 0 Å². The molecule has 2 aromatic heterocycles. The second kappa shape index (κ2) is 4.90. The van der Waals surface area contributed by atoms with Crippen molar-refractivity contribution in [2.75, 3.05) is 0 Å². The van der Waals surface area contributed by atoms with Gasteiger partial charge in [0.1, 0.15) is 0 Å². The van der Waals surface area contributed by atoms with Gasteiger partial charge >= 0.3 is 0 Å². The lowest BCUT2D eigenvalue weighted by molar-refractivity contribution is 0.0995. The van der Waals surface area contributed by atoms with Crippen molar-refractivity contribution in [3.63, 3.8) is 0 Å². The van der Waals surface area contributed by atoms with Crippen molar-refractivity contribution in [3.05, 3.63) is 53.5 Å². The van der Waals surface area contributed by atoms with Gasteiger partial charge in [0.2, 0.25) is 5.89 Å². The first-order valence-electron chi connectivity index (χ1n) is 6.46. The van der Waals surface area contributed by atoms with E-state index >= 15 is 0 Å². The van der Waals surface area contributed by atoms with Gasteiger partial charge < -0.3 is 10.2 Å². The first kappa shape index (κ1) is 13.1. The number of benzene rings is 1. The fourth-order valence-corrected chi connectivity index (χ4v) is 2.15. The Morgan fingerprint density at radius 2 is 1.95 bits per heavy atom. The van der Waals surface area contributed by atoms with E-state index in [1.807, 2.05) is 50.2 Å². The molecule has 0 aliphatic heterocycles. The zero-order valence-electron chi connectivity index (χ0n) is 11.7. The van der Waals surface area contributed by atoms with Gasteiger partial charge in [0, 0.05) is 11.3 Å². The summed E-state index contributed by atoms with van der Waals surface area (Å²) in [6.07, 6.45) is 0. The molecule has 0 aliphatic carbocycles. The predicted molar refractivity (Wildman–Crippen MR) is 77.1 cm³/mol. The SMILES string of the molecule is Cc1cc(C)n(-c2oc(-c3ccccc3)nc2C(N)=O)n1. The van der Waals surface area contributed by atoms with Crippen LogP contribution in [-0.2, 0) is 0 Å². The zero-order chi connectivity index (χ0) is 15.0. The number of oxazole rings is 1. The number of aromatic nitrogens is 3. The summed E-state index contributed by atoms with van der Waals surface area (Å²) >= 11 is 0. The van der Waals surface area contributed by atoms with Crippen LogP contribution < -0.4 is 5.73 Å². The van der Waals surface area contributed by atoms with Crippen molar-refractivity contribution < 1.29 is 9.21 Å². The van der Waals surface area contributed by atoms with Crippen LogP contribution in [-0.4, -0.2) is 20.7 Å². The molecule has 0 fully saturated rings. The highest BCUT2D eigenvalue weighted by atomic mass is 16.4. The van der Waals surface area contributed by atoms with E-state index in [9.17, 15) is 4.79 Å². The molecule has 0 atom stereocenters. The summed E-state index contributed by atoms with van der Waals surface area (Å²) in [6.45, 7) is 3.73. The summed E-state index contributed by atoms with van der Waals surface area (Å²) in [6, 6.07) is 11.2. The number of hydrogen-bond acceptors (Lipinski definition) is 4. The van der Waals surface area contributed by atoms with E-state index in [4.69, 9.17) is 10.2 Å². The van der Waals surface area contributed by atoms with Gasteiger partial charge in [-0.15, -0.1) is 0 Å². The molecule has 0 aliphatic rings. The van der Waals surface area contributed by atoms with E-state index in [2.05, 4.69) is 10.1 Å². The molecular weight excluding hydrogens is 268 g/mol. The second-order valence-electron chi connectivity index (χ2n) is 4.74. The molecule has 2 N–H and O–H groups in total. The molecule has 2 heterocycles. The van der Waals surface area contributed by atoms with E-state index in [1.165, 1.54) is 4.68 Å². The van der Waals surface area contributed by atoms with Gasteiger partial charge in [-0.05, 0) is 32.0 Å². The normalized spacial score (nSPS) is 10.8. The molecule has 1 amide bonds. The summed E-state index contributed by atoms with van der Waals surface area (Å²) in [5, 5.41) is 4.31. The highest BCUT2D eigenvalue weighted by Crippen LogP contribution is 2.25. The third-order valence-electron chi connectivity index (χ3n) is 3.07. The number of primary amides is 1. The van der Waals surface area contributed by atoms with Crippen LogP contribution in [0.1, 0.15) is 21.9 Å². The summed E-state index contributed by atoms with van der Waals surface area (Å²) in [5.74, 6) is -0.0672. The van der Waals surface area contributed by atoms with Crippen molar-refractivity contribution in [1.82, 2.24) is 14.8 Å². The standard InChI is InChI=1S/C15H14N4O2/c1-9-8-10(2)19(18-9)15-12(13(16)20)17-14(21-15)11-6-4-3-5-7-11/h3-8H,1-2H3,(H2,16,20). The van der Waals surface area contributed by atoms with Gasteiger partial charge in [0.05, 0.1) is 5.69 Å². The van der Waals surface area contributed by atoms with Crippen LogP contribution in [0, 0.1) is 13.8 Å². The number of hydrogen-bond donors (Lipinski definition) is 1. The van der Waals surface area contributed by atoms with Gasteiger partial charge in [-0.25, -0.2) is 9.67 Å². The van der Waals surface area contributed by atoms with Crippen LogP contribution >= 0.6 is 0 Å². The molecule has 6 nitrogen and oxygen atoms in total. The van der Waals surface area contributed by atoms with Crippen LogP contribution in [0.3, 0.4) is 0 Å². The molecule has 0 spiro atoms. The fraction of sp³-hybridized carbons (Fsp3) is 0.133. The monoisotopic (exact) mass is 282 g/mol. The number of rotatable bonds is 3. The molecule has 0 radical (unpaired) electrons. The molecule has 6 heteroatoms. The smallest absolute Gasteiger partial charge is 0.273 e. The van der Waals surface area contributed by atoms with Crippen LogP contribution in [0.5, 0.6) is 0 Å². The Bertz CT molecular complexity index is 802. The molecule has 0 unspecified atom stereocenters. The van der Waals surface area contributed by atoms with E-state index in [0.29, 0.717) is 5.89 Å². The van der Waals surface area contributed by atoms with Crippen LogP contribution in [0.15, 0.2) is 40.8 Å². The van der Waals surface area contributed by atoms with Gasteiger partial charge in [-0.3, -0.25) is 4.79 Å². The minimum atomic E-state index is -0.650. The molecule has 21 heavy (non-hydrogen) atoms. The van der Waals surface area contributed by atoms with E-state index in [1.54, 1.807) is 0 Å². The van der Waals surface area contributed by atoms with Crippen LogP contribution in [0.25, 0.3) is 17.3 Å². The van der Waals surface area contributed by atoms with E-state index < -0.39 is 5.91 Å². The van der Waals surface area contributed by atoms with Gasteiger partial charge in [-0.1, -0.05) is 18.2 Å². The summed E-state index contributed by atoms with van der Waals surface area (Å²) in [5.41, 5.74) is 7.90. The highest BCUT2D eigenvalue weighted by Gasteiger charge is 2.22. The topological polar surface area (TPSA) is 86.9 Å². The van der Waals surface area contributed by atoms with E-state index in [-0.39, 0.29) is 11.6 Å². The maximum Gasteiger partial charge on any atom is 0.273 e. The number of aryl methyl sites for hydroxylation is 2. The Balaban J connectivity index is 2.18. The molecule has 0 bridgehead atoms. The van der Waals surface area contributed by atoms with Gasteiger partial charge in [0.25, 0.3) is 11.8 Å². The lowest BCUT2D eigenvalue weighted by Crippen LogP contribution is -2.15. The predicted octanol–water partition coefficient (Wildman–Crippen LogP) is 2.24. The van der Waals surface area contributed by atoms with Crippen molar-refractivity contribution >= 4 is 5.91 Å². The number of carbonyl (C=O) groups excluding carboxylic acids is 1. The highest BCUT2D eigenvalue weighted by molar-refractivity contribution is 5.94. The molecule has 3 rings (SSSR count). The van der Waals surface area contributed by atoms with Crippen molar-refractivity contribution in [3.8, 4) is 17.3 Å². The van der Waals surface area contributed by atoms with Crippen molar-refractivity contribution in [2.45, 2.75) is 13.8 Å². The Morgan fingerprint density at radius 3 is 2.52 bits per heavy atom. The minimum Gasteiger partial charge on any atom is -0.417 e. The lowest BCUT2D eigenvalue weighted by Gasteiger charge is -2.00. The minimum absolute atomic E-state index is 0.0695. The maximum atomic E-state index is 11.6. The molecule has 0 saturated carbocycles. The fourth-order valence-electron chi connectivity index (χ4n) is 2.15. The quantitative estimate of drug-likeness (QED) is 0.798. The zero-order valence-corrected chi connectivity index (χ0v) is 11.7. The largest absolute Gasteiger partial charge is 0.417 e. The first-order chi connectivity index (χ1) is 10.1. The number of nitrogens with zero attached hydrogens (tertiary/aromatic N) is 3.